The highest BCUT2D eigenvalue weighted by molar-refractivity contribution is 6.74. The van der Waals surface area contributed by atoms with E-state index >= 15 is 0 Å². The van der Waals surface area contributed by atoms with Crippen LogP contribution in [0.2, 0.25) is 18.1 Å². The van der Waals surface area contributed by atoms with Gasteiger partial charge in [-0.3, -0.25) is 0 Å². The van der Waals surface area contributed by atoms with Crippen molar-refractivity contribution in [1.29, 1.82) is 0 Å². The topological polar surface area (TPSA) is 18.5 Å². The Morgan fingerprint density at radius 3 is 2.32 bits per heavy atom. The fourth-order valence-corrected chi connectivity index (χ4v) is 9.32. The van der Waals surface area contributed by atoms with Gasteiger partial charge in [0.1, 0.15) is 0 Å². The number of hydrogen-bond acceptors (Lipinski definition) is 2. The van der Waals surface area contributed by atoms with E-state index in [9.17, 15) is 0 Å². The molecule has 7 atom stereocenters. The van der Waals surface area contributed by atoms with Crippen LogP contribution in [-0.4, -0.2) is 26.6 Å². The van der Waals surface area contributed by atoms with Crippen LogP contribution in [-0.2, 0) is 9.16 Å². The van der Waals surface area contributed by atoms with Crippen molar-refractivity contribution in [1.82, 2.24) is 0 Å². The van der Waals surface area contributed by atoms with Gasteiger partial charge in [0.25, 0.3) is 0 Å². The Kier molecular flexibility index (Phi) is 5.44. The molecule has 5 aliphatic carbocycles. The Morgan fingerprint density at radius 2 is 1.65 bits per heavy atom. The van der Waals surface area contributed by atoms with E-state index in [0.717, 1.165) is 17.8 Å². The van der Waals surface area contributed by atoms with Crippen LogP contribution in [0.25, 0.3) is 0 Å². The van der Waals surface area contributed by atoms with Crippen LogP contribution in [0.5, 0.6) is 0 Å². The summed E-state index contributed by atoms with van der Waals surface area (Å²) in [5.41, 5.74) is 2.62. The van der Waals surface area contributed by atoms with E-state index in [2.05, 4.69) is 53.8 Å². The van der Waals surface area contributed by atoms with E-state index in [-0.39, 0.29) is 0 Å². The van der Waals surface area contributed by atoms with Gasteiger partial charge in [-0.2, -0.15) is 0 Å². The predicted octanol–water partition coefficient (Wildman–Crippen LogP) is 7.89. The van der Waals surface area contributed by atoms with Gasteiger partial charge in [0, 0.05) is 6.10 Å². The van der Waals surface area contributed by atoms with Crippen LogP contribution in [0.4, 0.5) is 0 Å². The molecular formula is C28H48O2Si. The molecule has 0 amide bonds. The van der Waals surface area contributed by atoms with Crippen LogP contribution in [0.3, 0.4) is 0 Å². The molecule has 0 heterocycles. The summed E-state index contributed by atoms with van der Waals surface area (Å²) in [6, 6.07) is 0. The molecule has 5 aliphatic rings. The number of allylic oxidation sites excluding steroid dienone is 1. The highest BCUT2D eigenvalue weighted by Crippen LogP contribution is 2.65. The molecule has 0 aromatic heterocycles. The van der Waals surface area contributed by atoms with Crippen molar-refractivity contribution in [2.75, 3.05) is 0 Å². The van der Waals surface area contributed by atoms with Crippen LogP contribution < -0.4 is 0 Å². The monoisotopic (exact) mass is 444 g/mol. The molecule has 4 saturated carbocycles. The van der Waals surface area contributed by atoms with Crippen molar-refractivity contribution in [3.8, 4) is 0 Å². The molecular weight excluding hydrogens is 396 g/mol. The molecule has 4 fully saturated rings. The van der Waals surface area contributed by atoms with Gasteiger partial charge < -0.3 is 9.16 Å². The lowest BCUT2D eigenvalue weighted by Gasteiger charge is -2.58. The second-order valence-electron chi connectivity index (χ2n) is 13.9. The fraction of sp³-hybridized carbons (Fsp3) is 0.929. The largest absolute Gasteiger partial charge is 0.414 e. The summed E-state index contributed by atoms with van der Waals surface area (Å²) in [5.74, 6) is 2.66. The molecule has 31 heavy (non-hydrogen) atoms. The summed E-state index contributed by atoms with van der Waals surface area (Å²) >= 11 is 0. The molecule has 0 aliphatic heterocycles. The Morgan fingerprint density at radius 1 is 0.903 bits per heavy atom. The molecule has 0 aromatic rings. The number of hydrogen-bond donors (Lipinski definition) is 0. The van der Waals surface area contributed by atoms with Crippen molar-refractivity contribution in [2.45, 2.75) is 135 Å². The normalized spacial score (nSPS) is 45.5. The molecule has 0 spiro atoms. The first-order chi connectivity index (χ1) is 14.4. The number of rotatable bonds is 4. The molecule has 0 radical (unpaired) electrons. The molecule has 0 bridgehead atoms. The third-order valence-electron chi connectivity index (χ3n) is 11.1. The lowest BCUT2D eigenvalue weighted by Crippen LogP contribution is -2.52. The van der Waals surface area contributed by atoms with Crippen molar-refractivity contribution in [3.63, 3.8) is 0 Å². The third kappa shape index (κ3) is 3.73. The number of ether oxygens (including phenoxy) is 1. The Balaban J connectivity index is 1.32. The van der Waals surface area contributed by atoms with E-state index in [1.807, 2.05) is 0 Å². The summed E-state index contributed by atoms with van der Waals surface area (Å²) in [6.07, 6.45) is 17.6. The average Bonchev–Trinajstić information content (AvgIpc) is 3.43. The zero-order valence-corrected chi connectivity index (χ0v) is 22.4. The second kappa shape index (κ2) is 7.44. The molecule has 0 saturated heterocycles. The maximum atomic E-state index is 6.90. The van der Waals surface area contributed by atoms with Crippen LogP contribution in [0.15, 0.2) is 11.6 Å². The highest BCUT2D eigenvalue weighted by Gasteiger charge is 2.59. The zero-order valence-electron chi connectivity index (χ0n) is 21.4. The van der Waals surface area contributed by atoms with Crippen molar-refractivity contribution in [3.05, 3.63) is 11.6 Å². The predicted molar refractivity (Wildman–Crippen MR) is 132 cm³/mol. The van der Waals surface area contributed by atoms with E-state index < -0.39 is 8.32 Å². The summed E-state index contributed by atoms with van der Waals surface area (Å²) in [6.45, 7) is 17.2. The SMILES string of the molecule is CC(C)(C)[Si](C)(C)OC1CC[C@@]2(C)C(=CC[C@@H]3[C@H]2CC[C@]2(C)C(OC4CC4)CC[C@@H]32)C1. The quantitative estimate of drug-likeness (QED) is 0.324. The van der Waals surface area contributed by atoms with Crippen molar-refractivity contribution < 1.29 is 9.16 Å². The summed E-state index contributed by atoms with van der Waals surface area (Å²) in [7, 11) is -1.69. The van der Waals surface area contributed by atoms with Crippen LogP contribution in [0, 0.1) is 28.6 Å². The molecule has 0 N–H and O–H groups in total. The first-order valence-electron chi connectivity index (χ1n) is 13.5. The maximum absolute atomic E-state index is 6.90. The van der Waals surface area contributed by atoms with Crippen LogP contribution >= 0.6 is 0 Å². The summed E-state index contributed by atoms with van der Waals surface area (Å²) < 4.78 is 13.5. The zero-order chi connectivity index (χ0) is 22.2. The van der Waals surface area contributed by atoms with Gasteiger partial charge in [0.2, 0.25) is 0 Å². The van der Waals surface area contributed by atoms with E-state index in [0.29, 0.717) is 34.2 Å². The highest BCUT2D eigenvalue weighted by atomic mass is 28.4. The molecule has 2 nitrogen and oxygen atoms in total. The fourth-order valence-electron chi connectivity index (χ4n) is 7.93. The summed E-state index contributed by atoms with van der Waals surface area (Å²) in [4.78, 5) is 0. The van der Waals surface area contributed by atoms with Gasteiger partial charge in [0.05, 0.1) is 12.2 Å². The maximum Gasteiger partial charge on any atom is 0.192 e. The van der Waals surface area contributed by atoms with E-state index in [1.165, 1.54) is 64.2 Å². The smallest absolute Gasteiger partial charge is 0.192 e. The van der Waals surface area contributed by atoms with Gasteiger partial charge >= 0.3 is 0 Å². The van der Waals surface area contributed by atoms with Gasteiger partial charge in [0.15, 0.2) is 8.32 Å². The third-order valence-corrected chi connectivity index (χ3v) is 15.7. The number of fused-ring (bicyclic) bond motifs is 5. The lowest BCUT2D eigenvalue weighted by atomic mass is 9.48. The molecule has 176 valence electrons. The summed E-state index contributed by atoms with van der Waals surface area (Å²) in [5, 5.41) is 0.301. The molecule has 2 unspecified atom stereocenters. The molecule has 5 rings (SSSR count). The standard InChI is InChI=1S/C28H48O2Si/c1-26(2,3)31(6,7)30-21-14-16-27(4)19(18-21)8-11-22-23-12-13-25(29-20-9-10-20)28(23,5)17-15-24(22)27/h8,20-25H,9-18H2,1-7H3/t21?,22-,23-,24+,25?,27-,28-/m0/s1. The lowest BCUT2D eigenvalue weighted by molar-refractivity contribution is -0.0972. The minimum atomic E-state index is -1.69. The van der Waals surface area contributed by atoms with Crippen molar-refractivity contribution in [2.24, 2.45) is 28.6 Å². The van der Waals surface area contributed by atoms with Crippen LogP contribution in [0.1, 0.15) is 98.8 Å². The van der Waals surface area contributed by atoms with E-state index in [1.54, 1.807) is 5.57 Å². The Hall–Kier alpha value is -0.123. The first kappa shape index (κ1) is 22.7. The average molecular weight is 445 g/mol. The van der Waals surface area contributed by atoms with Gasteiger partial charge in [-0.05, 0) is 111 Å². The first-order valence-corrected chi connectivity index (χ1v) is 16.4. The van der Waals surface area contributed by atoms with Gasteiger partial charge in [-0.1, -0.05) is 46.3 Å². The van der Waals surface area contributed by atoms with Crippen molar-refractivity contribution >= 4 is 8.32 Å². The minimum absolute atomic E-state index is 0.301. The minimum Gasteiger partial charge on any atom is -0.414 e. The van der Waals surface area contributed by atoms with Gasteiger partial charge in [-0.25, -0.2) is 0 Å². The molecule has 0 aromatic carbocycles. The Labute approximate surface area is 193 Å². The second-order valence-corrected chi connectivity index (χ2v) is 18.7. The van der Waals surface area contributed by atoms with E-state index in [4.69, 9.17) is 9.16 Å². The Bertz CT molecular complexity index is 732. The van der Waals surface area contributed by atoms with Gasteiger partial charge in [-0.15, -0.1) is 0 Å². The molecule has 3 heteroatoms.